The number of rotatable bonds is 6. The first-order valence-electron chi connectivity index (χ1n) is 6.83. The number of carbonyl (C=O) groups is 1. The lowest BCUT2D eigenvalue weighted by molar-refractivity contribution is 0.0950. The van der Waals surface area contributed by atoms with Crippen molar-refractivity contribution >= 4 is 17.5 Å². The molecule has 0 unspecified atom stereocenters. The van der Waals surface area contributed by atoms with Crippen LogP contribution in [-0.2, 0) is 6.54 Å². The van der Waals surface area contributed by atoms with Crippen LogP contribution in [0.3, 0.4) is 0 Å². The minimum atomic E-state index is -0.236. The predicted molar refractivity (Wildman–Crippen MR) is 84.6 cm³/mol. The molecule has 2 rings (SSSR count). The Balaban J connectivity index is 2.14. The maximum atomic E-state index is 12.2. The first-order chi connectivity index (χ1) is 10.7. The van der Waals surface area contributed by atoms with Gasteiger partial charge in [-0.05, 0) is 36.8 Å². The van der Waals surface area contributed by atoms with Gasteiger partial charge in [0.15, 0.2) is 11.5 Å². The van der Waals surface area contributed by atoms with Crippen molar-refractivity contribution in [2.75, 3.05) is 13.7 Å². The molecule has 6 heteroatoms. The Kier molecular flexibility index (Phi) is 5.61. The molecule has 0 saturated heterocycles. The van der Waals surface area contributed by atoms with E-state index < -0.39 is 0 Å². The maximum Gasteiger partial charge on any atom is 0.251 e. The molecule has 1 N–H and O–H groups in total. The Bertz CT molecular complexity index is 647. The van der Waals surface area contributed by atoms with Gasteiger partial charge < -0.3 is 14.8 Å². The Morgan fingerprint density at radius 3 is 2.68 bits per heavy atom. The van der Waals surface area contributed by atoms with Crippen LogP contribution >= 0.6 is 11.6 Å². The van der Waals surface area contributed by atoms with Gasteiger partial charge in [-0.3, -0.25) is 9.78 Å². The second kappa shape index (κ2) is 7.66. The van der Waals surface area contributed by atoms with Crippen molar-refractivity contribution in [3.63, 3.8) is 0 Å². The minimum absolute atomic E-state index is 0.236. The van der Waals surface area contributed by atoms with Gasteiger partial charge in [-0.2, -0.15) is 0 Å². The highest BCUT2D eigenvalue weighted by Gasteiger charge is 2.15. The summed E-state index contributed by atoms with van der Waals surface area (Å²) < 4.78 is 10.7. The van der Waals surface area contributed by atoms with E-state index in [1.165, 1.54) is 7.11 Å². The molecule has 0 atom stereocenters. The topological polar surface area (TPSA) is 60.5 Å². The predicted octanol–water partition coefficient (Wildman–Crippen LogP) is 3.07. The van der Waals surface area contributed by atoms with Crippen LogP contribution in [0.5, 0.6) is 11.5 Å². The number of benzene rings is 1. The van der Waals surface area contributed by atoms with E-state index in [2.05, 4.69) is 10.3 Å². The lowest BCUT2D eigenvalue weighted by Gasteiger charge is -2.13. The van der Waals surface area contributed by atoms with Crippen molar-refractivity contribution in [3.8, 4) is 11.5 Å². The highest BCUT2D eigenvalue weighted by Crippen LogP contribution is 2.36. The van der Waals surface area contributed by atoms with Crippen LogP contribution in [0, 0.1) is 0 Å². The number of amides is 1. The Morgan fingerprint density at radius 1 is 1.32 bits per heavy atom. The number of methoxy groups -OCH3 is 1. The van der Waals surface area contributed by atoms with E-state index in [0.717, 1.165) is 5.56 Å². The molecule has 1 aromatic carbocycles. The van der Waals surface area contributed by atoms with Gasteiger partial charge in [0, 0.05) is 24.5 Å². The summed E-state index contributed by atoms with van der Waals surface area (Å²) in [5, 5.41) is 3.17. The molecule has 1 heterocycles. The average molecular weight is 321 g/mol. The number of hydrogen-bond acceptors (Lipinski definition) is 4. The molecule has 0 fully saturated rings. The van der Waals surface area contributed by atoms with Gasteiger partial charge in [-0.1, -0.05) is 11.6 Å². The molecule has 0 aliphatic carbocycles. The fourth-order valence-electron chi connectivity index (χ4n) is 1.92. The van der Waals surface area contributed by atoms with Crippen molar-refractivity contribution in [2.24, 2.45) is 0 Å². The van der Waals surface area contributed by atoms with E-state index in [0.29, 0.717) is 35.2 Å². The number of carbonyl (C=O) groups excluding carboxylic acids is 1. The lowest BCUT2D eigenvalue weighted by atomic mass is 10.1. The quantitative estimate of drug-likeness (QED) is 0.888. The zero-order chi connectivity index (χ0) is 15.9. The zero-order valence-electron chi connectivity index (χ0n) is 12.4. The fourth-order valence-corrected chi connectivity index (χ4v) is 2.19. The normalized spacial score (nSPS) is 10.1. The number of nitrogens with zero attached hydrogens (tertiary/aromatic N) is 1. The SMILES string of the molecule is CCOc1c(Cl)cc(C(=O)NCc2ccncc2)cc1OC. The van der Waals surface area contributed by atoms with Crippen molar-refractivity contribution in [3.05, 3.63) is 52.8 Å². The summed E-state index contributed by atoms with van der Waals surface area (Å²) in [6.07, 6.45) is 3.36. The summed E-state index contributed by atoms with van der Waals surface area (Å²) in [6, 6.07) is 6.85. The Hall–Kier alpha value is -2.27. The molecule has 0 spiro atoms. The molecule has 0 saturated carbocycles. The third kappa shape index (κ3) is 3.89. The third-order valence-electron chi connectivity index (χ3n) is 2.98. The number of nitrogens with one attached hydrogen (secondary N) is 1. The number of pyridine rings is 1. The van der Waals surface area contributed by atoms with Crippen LogP contribution in [0.1, 0.15) is 22.8 Å². The molecule has 0 bridgehead atoms. The number of halogens is 1. The van der Waals surface area contributed by atoms with Crippen LogP contribution in [-0.4, -0.2) is 24.6 Å². The van der Waals surface area contributed by atoms with Gasteiger partial charge in [0.05, 0.1) is 18.7 Å². The second-order valence-corrected chi connectivity index (χ2v) is 4.87. The maximum absolute atomic E-state index is 12.2. The van der Waals surface area contributed by atoms with Crippen molar-refractivity contribution in [1.29, 1.82) is 0 Å². The Labute approximate surface area is 134 Å². The summed E-state index contributed by atoms with van der Waals surface area (Å²) >= 11 is 6.16. The molecule has 1 amide bonds. The van der Waals surface area contributed by atoms with Crippen LogP contribution in [0.15, 0.2) is 36.7 Å². The fraction of sp³-hybridized carbons (Fsp3) is 0.250. The first-order valence-corrected chi connectivity index (χ1v) is 7.21. The van der Waals surface area contributed by atoms with Crippen LogP contribution < -0.4 is 14.8 Å². The summed E-state index contributed by atoms with van der Waals surface area (Å²) in [5.41, 5.74) is 1.38. The van der Waals surface area contributed by atoms with E-state index in [9.17, 15) is 4.79 Å². The summed E-state index contributed by atoms with van der Waals surface area (Å²) in [7, 11) is 1.51. The molecule has 0 aliphatic heterocycles. The third-order valence-corrected chi connectivity index (χ3v) is 3.26. The molecule has 1 aromatic heterocycles. The summed E-state index contributed by atoms with van der Waals surface area (Å²) in [4.78, 5) is 16.2. The van der Waals surface area contributed by atoms with Crippen molar-refractivity contribution in [2.45, 2.75) is 13.5 Å². The second-order valence-electron chi connectivity index (χ2n) is 4.46. The minimum Gasteiger partial charge on any atom is -0.493 e. The number of hydrogen-bond donors (Lipinski definition) is 1. The first kappa shape index (κ1) is 16.1. The van der Waals surface area contributed by atoms with E-state index >= 15 is 0 Å². The molecule has 5 nitrogen and oxygen atoms in total. The van der Waals surface area contributed by atoms with Gasteiger partial charge in [0.2, 0.25) is 0 Å². The molecular weight excluding hydrogens is 304 g/mol. The monoisotopic (exact) mass is 320 g/mol. The van der Waals surface area contributed by atoms with Crippen molar-refractivity contribution < 1.29 is 14.3 Å². The smallest absolute Gasteiger partial charge is 0.251 e. The van der Waals surface area contributed by atoms with Crippen LogP contribution in [0.2, 0.25) is 5.02 Å². The van der Waals surface area contributed by atoms with Gasteiger partial charge in [0.1, 0.15) is 0 Å². The van der Waals surface area contributed by atoms with Gasteiger partial charge in [0.25, 0.3) is 5.91 Å². The average Bonchev–Trinajstić information content (AvgIpc) is 2.55. The van der Waals surface area contributed by atoms with Gasteiger partial charge in [-0.25, -0.2) is 0 Å². The standard InChI is InChI=1S/C16H17ClN2O3/c1-3-22-15-13(17)8-12(9-14(15)21-2)16(20)19-10-11-4-6-18-7-5-11/h4-9H,3,10H2,1-2H3,(H,19,20). The summed E-state index contributed by atoms with van der Waals surface area (Å²) in [6.45, 7) is 2.73. The van der Waals surface area contributed by atoms with E-state index in [1.807, 2.05) is 19.1 Å². The molecular formula is C16H17ClN2O3. The van der Waals surface area contributed by atoms with E-state index in [1.54, 1.807) is 24.5 Å². The molecule has 2 aromatic rings. The molecule has 0 aliphatic rings. The van der Waals surface area contributed by atoms with Gasteiger partial charge >= 0.3 is 0 Å². The number of ether oxygens (including phenoxy) is 2. The lowest BCUT2D eigenvalue weighted by Crippen LogP contribution is -2.22. The summed E-state index contributed by atoms with van der Waals surface area (Å²) in [5.74, 6) is 0.640. The molecule has 116 valence electrons. The molecule has 0 radical (unpaired) electrons. The number of aromatic nitrogens is 1. The highest BCUT2D eigenvalue weighted by molar-refractivity contribution is 6.32. The zero-order valence-corrected chi connectivity index (χ0v) is 13.2. The largest absolute Gasteiger partial charge is 0.493 e. The van der Waals surface area contributed by atoms with E-state index in [-0.39, 0.29) is 5.91 Å². The van der Waals surface area contributed by atoms with Crippen LogP contribution in [0.4, 0.5) is 0 Å². The Morgan fingerprint density at radius 2 is 2.05 bits per heavy atom. The van der Waals surface area contributed by atoms with Crippen LogP contribution in [0.25, 0.3) is 0 Å². The highest BCUT2D eigenvalue weighted by atomic mass is 35.5. The molecule has 22 heavy (non-hydrogen) atoms. The van der Waals surface area contributed by atoms with E-state index in [4.69, 9.17) is 21.1 Å². The van der Waals surface area contributed by atoms with Crippen molar-refractivity contribution in [1.82, 2.24) is 10.3 Å². The van der Waals surface area contributed by atoms with Gasteiger partial charge in [-0.15, -0.1) is 0 Å².